The van der Waals surface area contributed by atoms with Gasteiger partial charge in [-0.3, -0.25) is 18.7 Å². The lowest BCUT2D eigenvalue weighted by Gasteiger charge is -2.11. The minimum atomic E-state index is -0.557. The molecular weight excluding hydrogens is 302 g/mol. The Labute approximate surface area is 130 Å². The van der Waals surface area contributed by atoms with Gasteiger partial charge in [-0.05, 0) is 34.9 Å². The van der Waals surface area contributed by atoms with E-state index in [-0.39, 0.29) is 11.3 Å². The number of carbonyl (C=O) groups excluding carboxylic acids is 1. The Morgan fingerprint density at radius 2 is 2.09 bits per heavy atom. The highest BCUT2D eigenvalue weighted by atomic mass is 32.1. The summed E-state index contributed by atoms with van der Waals surface area (Å²) in [5.74, 6) is -0.0620. The maximum absolute atomic E-state index is 12.5. The van der Waals surface area contributed by atoms with Gasteiger partial charge in [-0.2, -0.15) is 11.3 Å². The largest absolute Gasteiger partial charge is 0.338 e. The molecule has 0 saturated heterocycles. The molecule has 0 radical (unpaired) electrons. The minimum absolute atomic E-state index is 0.0389. The van der Waals surface area contributed by atoms with Crippen molar-refractivity contribution in [3.63, 3.8) is 0 Å². The van der Waals surface area contributed by atoms with Crippen LogP contribution in [0.3, 0.4) is 0 Å². The van der Waals surface area contributed by atoms with Crippen LogP contribution in [0.5, 0.6) is 0 Å². The lowest BCUT2D eigenvalue weighted by Crippen LogP contribution is -2.40. The van der Waals surface area contributed by atoms with Crippen LogP contribution in [-0.4, -0.2) is 14.9 Å². The summed E-state index contributed by atoms with van der Waals surface area (Å²) < 4.78 is 2.44. The maximum Gasteiger partial charge on any atom is 0.332 e. The summed E-state index contributed by atoms with van der Waals surface area (Å²) in [6.45, 7) is 2.38. The van der Waals surface area contributed by atoms with E-state index in [1.165, 1.54) is 23.0 Å². The van der Waals surface area contributed by atoms with Gasteiger partial charge in [0.05, 0.1) is 5.70 Å². The van der Waals surface area contributed by atoms with Crippen molar-refractivity contribution in [2.24, 2.45) is 7.05 Å². The van der Waals surface area contributed by atoms with Crippen molar-refractivity contribution in [3.05, 3.63) is 54.5 Å². The van der Waals surface area contributed by atoms with Gasteiger partial charge in [0.1, 0.15) is 11.4 Å². The van der Waals surface area contributed by atoms with Crippen molar-refractivity contribution in [2.75, 3.05) is 5.32 Å². The molecule has 2 aromatic heterocycles. The second-order valence-electron chi connectivity index (χ2n) is 5.09. The number of thiophene rings is 1. The van der Waals surface area contributed by atoms with Gasteiger partial charge in [0.2, 0.25) is 5.78 Å². The smallest absolute Gasteiger partial charge is 0.332 e. The van der Waals surface area contributed by atoms with Gasteiger partial charge in [-0.15, -0.1) is 0 Å². The first-order valence-corrected chi connectivity index (χ1v) is 7.88. The molecule has 0 fully saturated rings. The van der Waals surface area contributed by atoms with Gasteiger partial charge >= 0.3 is 5.69 Å². The predicted octanol–water partition coefficient (Wildman–Crippen LogP) is 1.67. The van der Waals surface area contributed by atoms with E-state index in [0.717, 1.165) is 16.6 Å². The van der Waals surface area contributed by atoms with Crippen LogP contribution in [0.25, 0.3) is 6.08 Å². The van der Waals surface area contributed by atoms with Crippen LogP contribution in [-0.2, 0) is 13.6 Å². The van der Waals surface area contributed by atoms with Crippen molar-refractivity contribution in [3.8, 4) is 0 Å². The first-order valence-electron chi connectivity index (χ1n) is 6.94. The quantitative estimate of drug-likeness (QED) is 0.874. The molecule has 3 rings (SSSR count). The number of anilines is 1. The molecular formula is C15H15N3O3S. The van der Waals surface area contributed by atoms with E-state index in [9.17, 15) is 14.4 Å². The molecule has 0 spiro atoms. The molecule has 22 heavy (non-hydrogen) atoms. The Balaban J connectivity index is 2.20. The first-order chi connectivity index (χ1) is 10.5. The number of nitrogens with one attached hydrogen (secondary N) is 1. The van der Waals surface area contributed by atoms with E-state index < -0.39 is 11.2 Å². The summed E-state index contributed by atoms with van der Waals surface area (Å²) in [4.78, 5) is 37.0. The van der Waals surface area contributed by atoms with E-state index in [2.05, 4.69) is 5.32 Å². The fourth-order valence-electron chi connectivity index (χ4n) is 2.48. The lowest BCUT2D eigenvalue weighted by molar-refractivity contribution is 0.104. The SMILES string of the molecule is CCCn1c2c(c(=O)n(C)c1=O)C(=O)/C(=C/c1ccsc1)N2. The third-order valence-corrected chi connectivity index (χ3v) is 4.27. The fourth-order valence-corrected chi connectivity index (χ4v) is 3.10. The summed E-state index contributed by atoms with van der Waals surface area (Å²) in [7, 11) is 1.39. The number of allylic oxidation sites excluding steroid dienone is 1. The van der Waals surface area contributed by atoms with Crippen molar-refractivity contribution >= 4 is 29.0 Å². The Kier molecular flexibility index (Phi) is 3.58. The van der Waals surface area contributed by atoms with Crippen LogP contribution >= 0.6 is 11.3 Å². The highest BCUT2D eigenvalue weighted by Crippen LogP contribution is 2.26. The molecule has 0 saturated carbocycles. The van der Waals surface area contributed by atoms with Crippen LogP contribution in [0.4, 0.5) is 5.82 Å². The van der Waals surface area contributed by atoms with Crippen LogP contribution < -0.4 is 16.6 Å². The summed E-state index contributed by atoms with van der Waals surface area (Å²) in [5, 5.41) is 6.76. The summed E-state index contributed by atoms with van der Waals surface area (Å²) in [6, 6.07) is 1.88. The molecule has 1 N–H and O–H groups in total. The molecule has 6 nitrogen and oxygen atoms in total. The highest BCUT2D eigenvalue weighted by Gasteiger charge is 2.32. The zero-order valence-electron chi connectivity index (χ0n) is 12.3. The van der Waals surface area contributed by atoms with Gasteiger partial charge < -0.3 is 5.32 Å². The van der Waals surface area contributed by atoms with Crippen molar-refractivity contribution in [1.82, 2.24) is 9.13 Å². The monoisotopic (exact) mass is 317 g/mol. The summed E-state index contributed by atoms with van der Waals surface area (Å²) >= 11 is 1.52. The van der Waals surface area contributed by atoms with Crippen molar-refractivity contribution < 1.29 is 4.79 Å². The molecule has 2 aromatic rings. The maximum atomic E-state index is 12.5. The van der Waals surface area contributed by atoms with Crippen molar-refractivity contribution in [1.29, 1.82) is 0 Å². The zero-order valence-corrected chi connectivity index (χ0v) is 13.1. The van der Waals surface area contributed by atoms with Gasteiger partial charge in [0.15, 0.2) is 0 Å². The lowest BCUT2D eigenvalue weighted by atomic mass is 10.1. The number of carbonyl (C=O) groups is 1. The molecule has 114 valence electrons. The van der Waals surface area contributed by atoms with E-state index in [4.69, 9.17) is 0 Å². The molecule has 0 atom stereocenters. The Morgan fingerprint density at radius 1 is 1.32 bits per heavy atom. The molecule has 0 bridgehead atoms. The predicted molar refractivity (Wildman–Crippen MR) is 86.5 cm³/mol. The topological polar surface area (TPSA) is 73.1 Å². The van der Waals surface area contributed by atoms with E-state index >= 15 is 0 Å². The van der Waals surface area contributed by atoms with Gasteiger partial charge in [0, 0.05) is 13.6 Å². The average Bonchev–Trinajstić information content (AvgIpc) is 3.11. The molecule has 1 aliphatic heterocycles. The fraction of sp³-hybridized carbons (Fsp3) is 0.267. The van der Waals surface area contributed by atoms with Crippen molar-refractivity contribution in [2.45, 2.75) is 19.9 Å². The van der Waals surface area contributed by atoms with E-state index in [1.54, 1.807) is 6.08 Å². The number of rotatable bonds is 3. The molecule has 7 heteroatoms. The Hall–Kier alpha value is -2.41. The van der Waals surface area contributed by atoms with Crippen LogP contribution in [0.15, 0.2) is 32.1 Å². The van der Waals surface area contributed by atoms with Gasteiger partial charge in [-0.25, -0.2) is 4.79 Å². The number of fused-ring (bicyclic) bond motifs is 1. The molecule has 0 aromatic carbocycles. The average molecular weight is 317 g/mol. The summed E-state index contributed by atoms with van der Waals surface area (Å²) in [5.41, 5.74) is 0.272. The normalized spacial score (nSPS) is 15.2. The molecule has 3 heterocycles. The molecule has 1 aliphatic rings. The van der Waals surface area contributed by atoms with Gasteiger partial charge in [-0.1, -0.05) is 6.92 Å². The zero-order chi connectivity index (χ0) is 15.9. The molecule has 0 aliphatic carbocycles. The van der Waals surface area contributed by atoms with Crippen LogP contribution in [0.1, 0.15) is 29.3 Å². The number of aromatic nitrogens is 2. The highest BCUT2D eigenvalue weighted by molar-refractivity contribution is 7.08. The molecule has 0 amide bonds. The number of Topliss-reactive ketones (excluding diaryl/α,β-unsaturated/α-hetero) is 1. The Morgan fingerprint density at radius 3 is 2.73 bits per heavy atom. The van der Waals surface area contributed by atoms with E-state index in [0.29, 0.717) is 18.1 Å². The number of nitrogens with zero attached hydrogens (tertiary/aromatic N) is 2. The van der Waals surface area contributed by atoms with Crippen LogP contribution in [0, 0.1) is 0 Å². The first kappa shape index (κ1) is 14.5. The Bertz CT molecular complexity index is 888. The second kappa shape index (κ2) is 5.42. The third kappa shape index (κ3) is 2.14. The summed E-state index contributed by atoms with van der Waals surface area (Å²) in [6.07, 6.45) is 2.42. The number of ketones is 1. The van der Waals surface area contributed by atoms with Crippen LogP contribution in [0.2, 0.25) is 0 Å². The minimum Gasteiger partial charge on any atom is -0.338 e. The van der Waals surface area contributed by atoms with Gasteiger partial charge in [0.25, 0.3) is 5.56 Å². The number of hydrogen-bond acceptors (Lipinski definition) is 5. The standard InChI is InChI=1S/C15H15N3O3S/c1-3-5-18-13-11(14(20)17(2)15(18)21)12(19)10(16-13)7-9-4-6-22-8-9/h4,6-8,16H,3,5H2,1-2H3/b10-7-. The molecule has 0 unspecified atom stereocenters. The van der Waals surface area contributed by atoms with E-state index in [1.807, 2.05) is 23.8 Å². The number of hydrogen-bond donors (Lipinski definition) is 1. The second-order valence-corrected chi connectivity index (χ2v) is 5.87. The third-order valence-electron chi connectivity index (χ3n) is 3.57.